The van der Waals surface area contributed by atoms with Gasteiger partial charge in [-0.3, -0.25) is 0 Å². The minimum Gasteiger partial charge on any atom is -0.324 e. The number of nitrogens with one attached hydrogen (secondary N) is 1. The van der Waals surface area contributed by atoms with Crippen LogP contribution in [0.4, 0.5) is 11.6 Å². The van der Waals surface area contributed by atoms with Crippen molar-refractivity contribution in [1.82, 2.24) is 19.6 Å². The molecule has 8 heteroatoms. The van der Waals surface area contributed by atoms with Gasteiger partial charge in [0.05, 0.1) is 28.9 Å². The highest BCUT2D eigenvalue weighted by atomic mass is 32.2. The van der Waals surface area contributed by atoms with E-state index in [-0.39, 0.29) is 11.5 Å². The predicted molar refractivity (Wildman–Crippen MR) is 116 cm³/mol. The number of rotatable bonds is 4. The van der Waals surface area contributed by atoms with Gasteiger partial charge < -0.3 is 5.32 Å². The number of benzene rings is 1. The molecular formula is C22H21N5O2S. The highest BCUT2D eigenvalue weighted by Gasteiger charge is 2.24. The van der Waals surface area contributed by atoms with Crippen molar-refractivity contribution >= 4 is 27.0 Å². The number of nitrogens with zero attached hydrogens (tertiary/aromatic N) is 4. The zero-order valence-electron chi connectivity index (χ0n) is 16.7. The smallest absolute Gasteiger partial charge is 0.227 e. The minimum atomic E-state index is -3.03. The summed E-state index contributed by atoms with van der Waals surface area (Å²) in [6, 6.07) is 11.5. The van der Waals surface area contributed by atoms with Gasteiger partial charge in [0.1, 0.15) is 0 Å². The van der Waals surface area contributed by atoms with E-state index in [0.717, 1.165) is 33.6 Å². The summed E-state index contributed by atoms with van der Waals surface area (Å²) in [6.07, 6.45) is 5.56. The Balaban J connectivity index is 1.45. The molecule has 152 valence electrons. The molecule has 7 nitrogen and oxygen atoms in total. The lowest BCUT2D eigenvalue weighted by molar-refractivity contribution is 0.598. The van der Waals surface area contributed by atoms with E-state index >= 15 is 0 Å². The maximum Gasteiger partial charge on any atom is 0.227 e. The van der Waals surface area contributed by atoms with Crippen LogP contribution in [0.2, 0.25) is 0 Å². The van der Waals surface area contributed by atoms with Crippen molar-refractivity contribution in [2.75, 3.05) is 5.32 Å². The van der Waals surface area contributed by atoms with Crippen molar-refractivity contribution in [2.45, 2.75) is 31.3 Å². The van der Waals surface area contributed by atoms with E-state index in [9.17, 15) is 8.42 Å². The van der Waals surface area contributed by atoms with Gasteiger partial charge in [-0.2, -0.15) is 5.10 Å². The zero-order valence-corrected chi connectivity index (χ0v) is 17.5. The van der Waals surface area contributed by atoms with E-state index in [2.05, 4.69) is 40.3 Å². The minimum absolute atomic E-state index is 0.0856. The van der Waals surface area contributed by atoms with Crippen LogP contribution in [0, 0.1) is 0 Å². The van der Waals surface area contributed by atoms with Crippen LogP contribution < -0.4 is 5.32 Å². The normalized spacial score (nSPS) is 14.9. The summed E-state index contributed by atoms with van der Waals surface area (Å²) in [5, 5.41) is 7.61. The van der Waals surface area contributed by atoms with Crippen molar-refractivity contribution < 1.29 is 8.42 Å². The topological polar surface area (TPSA) is 89.2 Å². The molecule has 1 aromatic carbocycles. The first-order chi connectivity index (χ1) is 14.4. The summed E-state index contributed by atoms with van der Waals surface area (Å²) in [5.41, 5.74) is 6.52. The lowest BCUT2D eigenvalue weighted by atomic mass is 10.0. The fourth-order valence-electron chi connectivity index (χ4n) is 3.82. The van der Waals surface area contributed by atoms with E-state index in [0.29, 0.717) is 11.9 Å². The highest BCUT2D eigenvalue weighted by Crippen LogP contribution is 2.29. The molecule has 0 spiro atoms. The molecule has 1 aliphatic rings. The first-order valence-corrected chi connectivity index (χ1v) is 11.6. The Morgan fingerprint density at radius 3 is 2.73 bits per heavy atom. The Kier molecular flexibility index (Phi) is 4.32. The van der Waals surface area contributed by atoms with Crippen LogP contribution in [0.3, 0.4) is 0 Å². The van der Waals surface area contributed by atoms with Gasteiger partial charge in [-0.05, 0) is 47.4 Å². The second kappa shape index (κ2) is 6.91. The molecule has 1 aliphatic heterocycles. The summed E-state index contributed by atoms with van der Waals surface area (Å²) in [4.78, 5) is 8.98. The summed E-state index contributed by atoms with van der Waals surface area (Å²) in [5.74, 6) is 1.04. The maximum atomic E-state index is 11.8. The van der Waals surface area contributed by atoms with Crippen LogP contribution in [0.5, 0.6) is 0 Å². The Morgan fingerprint density at radius 2 is 1.90 bits per heavy atom. The second-order valence-electron chi connectivity index (χ2n) is 7.91. The second-order valence-corrected chi connectivity index (χ2v) is 9.97. The van der Waals surface area contributed by atoms with E-state index in [1.165, 1.54) is 5.56 Å². The van der Waals surface area contributed by atoms with Crippen molar-refractivity contribution in [3.05, 3.63) is 71.7 Å². The largest absolute Gasteiger partial charge is 0.324 e. The molecule has 0 atom stereocenters. The molecule has 0 bridgehead atoms. The van der Waals surface area contributed by atoms with Gasteiger partial charge in [0.25, 0.3) is 0 Å². The summed E-state index contributed by atoms with van der Waals surface area (Å²) in [6.45, 7) is 4.30. The monoisotopic (exact) mass is 419 g/mol. The maximum absolute atomic E-state index is 11.8. The van der Waals surface area contributed by atoms with Crippen LogP contribution in [0.25, 0.3) is 16.8 Å². The molecule has 0 saturated heterocycles. The van der Waals surface area contributed by atoms with Crippen LogP contribution in [0.1, 0.15) is 36.5 Å². The average Bonchev–Trinajstić information content (AvgIpc) is 3.26. The number of aromatic nitrogens is 4. The van der Waals surface area contributed by atoms with Crippen molar-refractivity contribution in [2.24, 2.45) is 0 Å². The zero-order chi connectivity index (χ0) is 20.9. The molecule has 3 aromatic heterocycles. The van der Waals surface area contributed by atoms with E-state index in [1.54, 1.807) is 6.20 Å². The lowest BCUT2D eigenvalue weighted by Gasteiger charge is -2.09. The number of hydrogen-bond acceptors (Lipinski definition) is 6. The molecule has 4 aromatic rings. The molecule has 1 N–H and O–H groups in total. The van der Waals surface area contributed by atoms with Crippen LogP contribution in [-0.4, -0.2) is 28.0 Å². The first kappa shape index (κ1) is 18.7. The Morgan fingerprint density at radius 1 is 1.07 bits per heavy atom. The molecule has 4 heterocycles. The van der Waals surface area contributed by atoms with Crippen molar-refractivity contribution in [3.8, 4) is 11.3 Å². The van der Waals surface area contributed by atoms with Crippen molar-refractivity contribution in [1.29, 1.82) is 0 Å². The molecule has 0 radical (unpaired) electrons. The highest BCUT2D eigenvalue weighted by molar-refractivity contribution is 7.90. The predicted octanol–water partition coefficient (Wildman–Crippen LogP) is 4.09. The average molecular weight is 420 g/mol. The van der Waals surface area contributed by atoms with Crippen LogP contribution in [-0.2, 0) is 21.3 Å². The molecule has 0 fully saturated rings. The van der Waals surface area contributed by atoms with Gasteiger partial charge in [-0.25, -0.2) is 22.9 Å². The van der Waals surface area contributed by atoms with Crippen LogP contribution >= 0.6 is 0 Å². The Hall–Kier alpha value is -3.26. The van der Waals surface area contributed by atoms with E-state index in [1.807, 2.05) is 47.2 Å². The van der Waals surface area contributed by atoms with Gasteiger partial charge in [0.15, 0.2) is 9.84 Å². The first-order valence-electron chi connectivity index (χ1n) is 9.78. The van der Waals surface area contributed by atoms with E-state index in [4.69, 9.17) is 0 Å². The van der Waals surface area contributed by atoms with E-state index < -0.39 is 9.84 Å². The standard InChI is InChI=1S/C22H21N5O2S/c1-14(2)19-11-24-27-8-6-15(10-21(19)27)20-5-7-23-22(26-20)25-18-4-3-16-12-30(28,29)13-17(16)9-18/h3-11,14H,12-13H2,1-2H3,(H,23,25,26). The Bertz CT molecular complexity index is 1380. The molecule has 30 heavy (non-hydrogen) atoms. The lowest BCUT2D eigenvalue weighted by Crippen LogP contribution is -1.99. The third-order valence-corrected chi connectivity index (χ3v) is 6.84. The van der Waals surface area contributed by atoms with Crippen LogP contribution in [0.15, 0.2) is 55.0 Å². The van der Waals surface area contributed by atoms with Gasteiger partial charge in [-0.15, -0.1) is 0 Å². The fourth-order valence-corrected chi connectivity index (χ4v) is 5.42. The molecule has 0 amide bonds. The molecule has 0 unspecified atom stereocenters. The van der Waals surface area contributed by atoms with Crippen molar-refractivity contribution in [3.63, 3.8) is 0 Å². The number of anilines is 2. The molecular weight excluding hydrogens is 398 g/mol. The molecule has 0 aliphatic carbocycles. The van der Waals surface area contributed by atoms with Gasteiger partial charge in [0, 0.05) is 29.2 Å². The SMILES string of the molecule is CC(C)c1cnn2ccc(-c3ccnc(Nc4ccc5c(c4)CS(=O)(=O)C5)n3)cc12. The molecule has 0 saturated carbocycles. The summed E-state index contributed by atoms with van der Waals surface area (Å²) in [7, 11) is -3.03. The third-order valence-electron chi connectivity index (χ3n) is 5.34. The summed E-state index contributed by atoms with van der Waals surface area (Å²) >= 11 is 0. The molecule has 5 rings (SSSR count). The number of fused-ring (bicyclic) bond motifs is 2. The number of pyridine rings is 1. The Labute approximate surface area is 174 Å². The number of sulfone groups is 1. The fraction of sp³-hybridized carbons (Fsp3) is 0.227. The number of hydrogen-bond donors (Lipinski definition) is 1. The summed E-state index contributed by atoms with van der Waals surface area (Å²) < 4.78 is 25.6. The third kappa shape index (κ3) is 3.43. The van der Waals surface area contributed by atoms with Gasteiger partial charge in [0.2, 0.25) is 5.95 Å². The van der Waals surface area contributed by atoms with Gasteiger partial charge >= 0.3 is 0 Å². The van der Waals surface area contributed by atoms with Gasteiger partial charge in [-0.1, -0.05) is 19.9 Å². The quantitative estimate of drug-likeness (QED) is 0.536.